The fraction of sp³-hybridized carbons (Fsp3) is 0.836. The zero-order valence-electron chi connectivity index (χ0n) is 40.1. The molecule has 5 heteroatoms. The van der Waals surface area contributed by atoms with Crippen molar-refractivity contribution in [2.75, 3.05) is 6.61 Å². The second kappa shape index (κ2) is 50.0. The topological polar surface area (TPSA) is 89.8 Å². The van der Waals surface area contributed by atoms with Crippen molar-refractivity contribution in [1.82, 2.24) is 5.32 Å². The summed E-state index contributed by atoms with van der Waals surface area (Å²) in [7, 11) is 0. The molecule has 0 aromatic heterocycles. The molecule has 0 aromatic rings. The third-order valence-electron chi connectivity index (χ3n) is 12.1. The summed E-state index contributed by atoms with van der Waals surface area (Å²) in [5, 5.41) is 33.3. The number of hydrogen-bond acceptors (Lipinski definition) is 4. The number of aliphatic hydroxyl groups is 3. The predicted octanol–water partition coefficient (Wildman–Crippen LogP) is 16.1. The zero-order chi connectivity index (χ0) is 43.7. The molecule has 352 valence electrons. The molecule has 0 aromatic carbocycles. The van der Waals surface area contributed by atoms with E-state index < -0.39 is 18.2 Å². The fourth-order valence-corrected chi connectivity index (χ4v) is 8.01. The van der Waals surface area contributed by atoms with Crippen LogP contribution in [0.4, 0.5) is 0 Å². The van der Waals surface area contributed by atoms with E-state index in [1.54, 1.807) is 6.08 Å². The van der Waals surface area contributed by atoms with Gasteiger partial charge in [-0.1, -0.05) is 242 Å². The highest BCUT2D eigenvalue weighted by Gasteiger charge is 2.20. The molecule has 0 saturated carbocycles. The lowest BCUT2D eigenvalue weighted by atomic mass is 10.0. The van der Waals surface area contributed by atoms with E-state index in [1.165, 1.54) is 205 Å². The van der Waals surface area contributed by atoms with Gasteiger partial charge in [0.2, 0.25) is 5.91 Å². The number of unbranched alkanes of at least 4 members (excludes halogenated alkanes) is 33. The van der Waals surface area contributed by atoms with Gasteiger partial charge in [-0.05, 0) is 70.6 Å². The van der Waals surface area contributed by atoms with Crippen molar-refractivity contribution in [1.29, 1.82) is 0 Å². The highest BCUT2D eigenvalue weighted by Crippen LogP contribution is 2.16. The Hall–Kier alpha value is -1.69. The number of rotatable bonds is 48. The molecule has 0 aliphatic carbocycles. The zero-order valence-corrected chi connectivity index (χ0v) is 40.1. The molecule has 1 amide bonds. The van der Waals surface area contributed by atoms with E-state index in [9.17, 15) is 20.1 Å². The van der Waals surface area contributed by atoms with Crippen molar-refractivity contribution < 1.29 is 20.1 Å². The van der Waals surface area contributed by atoms with Gasteiger partial charge in [0.15, 0.2) is 0 Å². The van der Waals surface area contributed by atoms with Crippen molar-refractivity contribution in [3.05, 3.63) is 48.6 Å². The number of carbonyl (C=O) groups excluding carboxylic acids is 1. The minimum Gasteiger partial charge on any atom is -0.394 e. The SMILES string of the molecule is CCCCCCC/C=C/CC/C=C/CC/C=C/C(O)C(CO)NC(=O)CC(O)CCCCCCCCCCCCCCCC/C=C\CCCCCCCCCCCCCC. The first kappa shape index (κ1) is 58.3. The van der Waals surface area contributed by atoms with Crippen LogP contribution in [0.1, 0.15) is 271 Å². The molecule has 0 saturated heterocycles. The number of nitrogens with one attached hydrogen (secondary N) is 1. The summed E-state index contributed by atoms with van der Waals surface area (Å²) < 4.78 is 0. The molecule has 4 N–H and O–H groups in total. The van der Waals surface area contributed by atoms with E-state index in [2.05, 4.69) is 55.6 Å². The van der Waals surface area contributed by atoms with Crippen molar-refractivity contribution >= 4 is 5.91 Å². The Bertz CT molecular complexity index is 974. The molecule has 0 aliphatic heterocycles. The van der Waals surface area contributed by atoms with Gasteiger partial charge in [0.25, 0.3) is 0 Å². The smallest absolute Gasteiger partial charge is 0.222 e. The fourth-order valence-electron chi connectivity index (χ4n) is 8.01. The minimum atomic E-state index is -0.960. The largest absolute Gasteiger partial charge is 0.394 e. The lowest BCUT2D eigenvalue weighted by Crippen LogP contribution is -2.45. The maximum absolute atomic E-state index is 12.5. The lowest BCUT2D eigenvalue weighted by Gasteiger charge is -2.21. The summed E-state index contributed by atoms with van der Waals surface area (Å²) in [5.74, 6) is -0.328. The van der Waals surface area contributed by atoms with Gasteiger partial charge in [-0.25, -0.2) is 0 Å². The second-order valence-corrected chi connectivity index (χ2v) is 18.1. The van der Waals surface area contributed by atoms with Gasteiger partial charge in [0.05, 0.1) is 31.3 Å². The first-order valence-corrected chi connectivity index (χ1v) is 26.4. The van der Waals surface area contributed by atoms with Crippen LogP contribution in [0.3, 0.4) is 0 Å². The van der Waals surface area contributed by atoms with E-state index in [4.69, 9.17) is 0 Å². The highest BCUT2D eigenvalue weighted by molar-refractivity contribution is 5.76. The van der Waals surface area contributed by atoms with Crippen LogP contribution in [0.15, 0.2) is 48.6 Å². The molecule has 0 heterocycles. The van der Waals surface area contributed by atoms with E-state index in [-0.39, 0.29) is 18.9 Å². The van der Waals surface area contributed by atoms with Crippen LogP contribution in [0, 0.1) is 0 Å². The molecule has 0 spiro atoms. The maximum atomic E-state index is 12.5. The van der Waals surface area contributed by atoms with Crippen LogP contribution >= 0.6 is 0 Å². The van der Waals surface area contributed by atoms with Crippen molar-refractivity contribution in [2.24, 2.45) is 0 Å². The lowest BCUT2D eigenvalue weighted by molar-refractivity contribution is -0.124. The summed E-state index contributed by atoms with van der Waals surface area (Å²) in [6.07, 6.45) is 65.8. The molecule has 5 nitrogen and oxygen atoms in total. The number of hydrogen-bond donors (Lipinski definition) is 4. The molecular formula is C55H103NO4. The maximum Gasteiger partial charge on any atom is 0.222 e. The molecular weight excluding hydrogens is 739 g/mol. The Balaban J connectivity index is 3.57. The van der Waals surface area contributed by atoms with E-state index in [1.807, 2.05) is 6.08 Å². The van der Waals surface area contributed by atoms with Crippen LogP contribution in [-0.2, 0) is 4.79 Å². The van der Waals surface area contributed by atoms with Crippen molar-refractivity contribution in [2.45, 2.75) is 289 Å². The monoisotopic (exact) mass is 842 g/mol. The van der Waals surface area contributed by atoms with Crippen LogP contribution in [0.25, 0.3) is 0 Å². The molecule has 0 rings (SSSR count). The normalized spacial score (nSPS) is 13.8. The summed E-state index contributed by atoms with van der Waals surface area (Å²) in [5.41, 5.74) is 0. The van der Waals surface area contributed by atoms with Gasteiger partial charge in [-0.3, -0.25) is 4.79 Å². The molecule has 0 bridgehead atoms. The molecule has 60 heavy (non-hydrogen) atoms. The summed E-state index contributed by atoms with van der Waals surface area (Å²) in [6, 6.07) is -0.767. The highest BCUT2D eigenvalue weighted by atomic mass is 16.3. The molecule has 0 radical (unpaired) electrons. The average molecular weight is 842 g/mol. The Morgan fingerprint density at radius 3 is 1.07 bits per heavy atom. The van der Waals surface area contributed by atoms with Crippen LogP contribution in [0.5, 0.6) is 0 Å². The number of aliphatic hydroxyl groups excluding tert-OH is 3. The average Bonchev–Trinajstić information content (AvgIpc) is 3.24. The van der Waals surface area contributed by atoms with Gasteiger partial charge >= 0.3 is 0 Å². The van der Waals surface area contributed by atoms with E-state index in [0.29, 0.717) is 6.42 Å². The van der Waals surface area contributed by atoms with Crippen molar-refractivity contribution in [3.8, 4) is 0 Å². The quantitative estimate of drug-likeness (QED) is 0.0363. The second-order valence-electron chi connectivity index (χ2n) is 18.1. The number of allylic oxidation sites excluding steroid dienone is 7. The van der Waals surface area contributed by atoms with Crippen LogP contribution < -0.4 is 5.32 Å². The molecule has 3 atom stereocenters. The molecule has 0 fully saturated rings. The van der Waals surface area contributed by atoms with Crippen LogP contribution in [-0.4, -0.2) is 46.1 Å². The van der Waals surface area contributed by atoms with E-state index >= 15 is 0 Å². The molecule has 0 aliphatic rings. The predicted molar refractivity (Wildman–Crippen MR) is 264 cm³/mol. The first-order chi connectivity index (χ1) is 29.5. The summed E-state index contributed by atoms with van der Waals surface area (Å²) >= 11 is 0. The van der Waals surface area contributed by atoms with Gasteiger partial charge in [-0.15, -0.1) is 0 Å². The third-order valence-corrected chi connectivity index (χ3v) is 12.1. The Kier molecular flexibility index (Phi) is 48.6. The first-order valence-electron chi connectivity index (χ1n) is 26.4. The van der Waals surface area contributed by atoms with Gasteiger partial charge < -0.3 is 20.6 Å². The standard InChI is InChI=1S/C55H103NO4/c1-3-5-7-9-11-13-15-17-19-20-21-22-23-24-25-26-27-28-29-30-31-32-33-35-36-38-40-42-44-46-48-52(58)50-55(60)56-53(51-57)54(59)49-47-45-43-41-39-37-34-18-16-14-12-10-8-6-4-2/h16,18,24-25,39,41,47,49,52-54,57-59H,3-15,17,19-23,26-38,40,42-46,48,50-51H2,1-2H3,(H,56,60)/b18-16+,25-24-,41-39+,49-47+. The number of carbonyl (C=O) groups is 1. The molecule has 3 unspecified atom stereocenters. The Morgan fingerprint density at radius 2 is 0.717 bits per heavy atom. The minimum absolute atomic E-state index is 0.00276. The van der Waals surface area contributed by atoms with E-state index in [0.717, 1.165) is 38.5 Å². The third kappa shape index (κ3) is 45.8. The number of amides is 1. The Morgan fingerprint density at radius 1 is 0.417 bits per heavy atom. The van der Waals surface area contributed by atoms with Gasteiger partial charge in [0, 0.05) is 0 Å². The van der Waals surface area contributed by atoms with Gasteiger partial charge in [0.1, 0.15) is 0 Å². The van der Waals surface area contributed by atoms with Gasteiger partial charge in [-0.2, -0.15) is 0 Å². The summed E-state index contributed by atoms with van der Waals surface area (Å²) in [6.45, 7) is 4.20. The Labute approximate surface area is 374 Å². The van der Waals surface area contributed by atoms with Crippen LogP contribution in [0.2, 0.25) is 0 Å². The van der Waals surface area contributed by atoms with Crippen molar-refractivity contribution in [3.63, 3.8) is 0 Å². The summed E-state index contributed by atoms with van der Waals surface area (Å²) in [4.78, 5) is 12.5.